The fourth-order valence-corrected chi connectivity index (χ4v) is 1.77. The smallest absolute Gasteiger partial charge is 0.193 e. The van der Waals surface area contributed by atoms with Gasteiger partial charge >= 0.3 is 0 Å². The Bertz CT molecular complexity index is 301. The van der Waals surface area contributed by atoms with Gasteiger partial charge in [-0.1, -0.05) is 0 Å². The number of hydrogen-bond donors (Lipinski definition) is 1. The fourth-order valence-electron chi connectivity index (χ4n) is 1.06. The minimum absolute atomic E-state index is 0.413. The second-order valence-electron chi connectivity index (χ2n) is 3.01. The highest BCUT2D eigenvalue weighted by molar-refractivity contribution is 7.84. The maximum absolute atomic E-state index is 10.7. The lowest BCUT2D eigenvalue weighted by Gasteiger charge is -2.00. The summed E-state index contributed by atoms with van der Waals surface area (Å²) in [5, 5.41) is 3.60. The zero-order valence-electron chi connectivity index (χ0n) is 8.09. The van der Waals surface area contributed by atoms with Gasteiger partial charge in [-0.05, 0) is 36.7 Å². The molecule has 0 amide bonds. The van der Waals surface area contributed by atoms with Gasteiger partial charge in [0.15, 0.2) is 5.22 Å². The molecule has 0 radical (unpaired) electrons. The van der Waals surface area contributed by atoms with Gasteiger partial charge in [0.25, 0.3) is 0 Å². The maximum Gasteiger partial charge on any atom is 0.193 e. The lowest BCUT2D eigenvalue weighted by atomic mass is 10.4. The molecule has 14 heavy (non-hydrogen) atoms. The molecular weight excluding hydrogens is 222 g/mol. The topological polar surface area (TPSA) is 42.2 Å². The van der Waals surface area contributed by atoms with Crippen LogP contribution in [0.4, 0.5) is 0 Å². The molecule has 5 heteroatoms. The highest BCUT2D eigenvalue weighted by Gasteiger charge is 1.98. The summed E-state index contributed by atoms with van der Waals surface area (Å²) in [6.07, 6.45) is 2.63. The molecule has 1 aromatic rings. The summed E-state index contributed by atoms with van der Waals surface area (Å²) in [5.74, 6) is 1.57. The third-order valence-electron chi connectivity index (χ3n) is 1.71. The first-order valence-electron chi connectivity index (χ1n) is 4.43. The van der Waals surface area contributed by atoms with Crippen LogP contribution in [0.1, 0.15) is 12.2 Å². The molecule has 0 aliphatic rings. The maximum atomic E-state index is 10.7. The Morgan fingerprint density at radius 2 is 2.36 bits per heavy atom. The van der Waals surface area contributed by atoms with Crippen molar-refractivity contribution in [1.82, 2.24) is 5.32 Å². The first-order valence-corrected chi connectivity index (χ1v) is 6.54. The van der Waals surface area contributed by atoms with Gasteiger partial charge in [-0.3, -0.25) is 4.21 Å². The van der Waals surface area contributed by atoms with Gasteiger partial charge in [0.05, 0.1) is 6.54 Å². The van der Waals surface area contributed by atoms with E-state index in [4.69, 9.17) is 16.0 Å². The van der Waals surface area contributed by atoms with Gasteiger partial charge in [0.2, 0.25) is 0 Å². The molecule has 0 spiro atoms. The summed E-state index contributed by atoms with van der Waals surface area (Å²) in [7, 11) is -0.694. The molecule has 0 bridgehead atoms. The summed E-state index contributed by atoms with van der Waals surface area (Å²) in [5.41, 5.74) is 0. The molecule has 0 aromatic carbocycles. The van der Waals surface area contributed by atoms with Crippen LogP contribution in [0.3, 0.4) is 0 Å². The summed E-state index contributed by atoms with van der Waals surface area (Å²) in [6.45, 7) is 1.51. The van der Waals surface area contributed by atoms with Crippen molar-refractivity contribution >= 4 is 22.4 Å². The number of furan rings is 1. The third kappa shape index (κ3) is 4.79. The zero-order valence-corrected chi connectivity index (χ0v) is 9.66. The summed E-state index contributed by atoms with van der Waals surface area (Å²) < 4.78 is 15.9. The predicted molar refractivity (Wildman–Crippen MR) is 59.0 cm³/mol. The third-order valence-corrected chi connectivity index (χ3v) is 2.78. The van der Waals surface area contributed by atoms with Gasteiger partial charge in [0.1, 0.15) is 5.76 Å². The molecular formula is C9H14ClNO2S. The van der Waals surface area contributed by atoms with Crippen LogP contribution < -0.4 is 5.32 Å². The highest BCUT2D eigenvalue weighted by atomic mass is 35.5. The van der Waals surface area contributed by atoms with E-state index in [1.807, 2.05) is 6.07 Å². The van der Waals surface area contributed by atoms with Crippen molar-refractivity contribution in [2.45, 2.75) is 13.0 Å². The van der Waals surface area contributed by atoms with Crippen molar-refractivity contribution in [3.05, 3.63) is 23.1 Å². The average Bonchev–Trinajstić information content (AvgIpc) is 2.50. The van der Waals surface area contributed by atoms with Crippen LogP contribution in [0, 0.1) is 0 Å². The average molecular weight is 236 g/mol. The molecule has 0 fully saturated rings. The Labute approximate surface area is 91.3 Å². The Morgan fingerprint density at radius 3 is 2.93 bits per heavy atom. The number of nitrogens with one attached hydrogen (secondary N) is 1. The molecule has 1 atom stereocenters. The van der Waals surface area contributed by atoms with E-state index in [0.29, 0.717) is 11.8 Å². The van der Waals surface area contributed by atoms with Gasteiger partial charge in [-0.25, -0.2) is 0 Å². The van der Waals surface area contributed by atoms with Crippen LogP contribution in [-0.2, 0) is 17.3 Å². The van der Waals surface area contributed by atoms with Crippen molar-refractivity contribution in [1.29, 1.82) is 0 Å². The van der Waals surface area contributed by atoms with E-state index in [9.17, 15) is 4.21 Å². The van der Waals surface area contributed by atoms with E-state index in [1.165, 1.54) is 0 Å². The van der Waals surface area contributed by atoms with Crippen LogP contribution in [0.15, 0.2) is 16.5 Å². The quantitative estimate of drug-likeness (QED) is 0.765. The summed E-state index contributed by atoms with van der Waals surface area (Å²) >= 11 is 5.61. The van der Waals surface area contributed by atoms with Crippen LogP contribution in [0.25, 0.3) is 0 Å². The zero-order chi connectivity index (χ0) is 10.4. The van der Waals surface area contributed by atoms with E-state index in [-0.39, 0.29) is 0 Å². The molecule has 1 N–H and O–H groups in total. The predicted octanol–water partition coefficient (Wildman–Crippen LogP) is 1.79. The first kappa shape index (κ1) is 11.8. The van der Waals surface area contributed by atoms with Gasteiger partial charge in [-0.2, -0.15) is 0 Å². The normalized spacial score (nSPS) is 13.0. The van der Waals surface area contributed by atoms with E-state index >= 15 is 0 Å². The second kappa shape index (κ2) is 6.22. The lowest BCUT2D eigenvalue weighted by Crippen LogP contribution is -2.16. The number of rotatable bonds is 6. The molecule has 1 unspecified atom stereocenters. The second-order valence-corrected chi connectivity index (χ2v) is 4.94. The minimum atomic E-state index is -0.694. The molecule has 1 rings (SSSR count). The van der Waals surface area contributed by atoms with Gasteiger partial charge in [0, 0.05) is 22.8 Å². The minimum Gasteiger partial charge on any atom is -0.448 e. The number of hydrogen-bond acceptors (Lipinski definition) is 3. The Morgan fingerprint density at radius 1 is 1.57 bits per heavy atom. The fraction of sp³-hybridized carbons (Fsp3) is 0.556. The monoisotopic (exact) mass is 235 g/mol. The van der Waals surface area contributed by atoms with Crippen LogP contribution in [0.2, 0.25) is 5.22 Å². The lowest BCUT2D eigenvalue weighted by molar-refractivity contribution is 0.485. The molecule has 0 saturated carbocycles. The Kier molecular flexibility index (Phi) is 5.22. The van der Waals surface area contributed by atoms with E-state index in [2.05, 4.69) is 5.32 Å². The van der Waals surface area contributed by atoms with E-state index < -0.39 is 10.8 Å². The van der Waals surface area contributed by atoms with Crippen LogP contribution in [0.5, 0.6) is 0 Å². The van der Waals surface area contributed by atoms with Crippen molar-refractivity contribution < 1.29 is 8.63 Å². The highest BCUT2D eigenvalue weighted by Crippen LogP contribution is 2.12. The molecule has 0 aliphatic carbocycles. The van der Waals surface area contributed by atoms with Crippen LogP contribution >= 0.6 is 11.6 Å². The number of halogens is 1. The Hall–Kier alpha value is -0.320. The van der Waals surface area contributed by atoms with Crippen molar-refractivity contribution in [2.75, 3.05) is 18.6 Å². The molecule has 0 saturated heterocycles. The largest absolute Gasteiger partial charge is 0.448 e. The van der Waals surface area contributed by atoms with Gasteiger partial charge < -0.3 is 9.73 Å². The molecule has 3 nitrogen and oxygen atoms in total. The standard InChI is InChI=1S/C9H14ClNO2S/c1-14(12)6-2-5-11-7-8-3-4-9(10)13-8/h3-4,11H,2,5-7H2,1H3. The van der Waals surface area contributed by atoms with Crippen molar-refractivity contribution in [3.63, 3.8) is 0 Å². The molecule has 80 valence electrons. The molecule has 0 aliphatic heterocycles. The van der Waals surface area contributed by atoms with Crippen molar-refractivity contribution in [3.8, 4) is 0 Å². The van der Waals surface area contributed by atoms with E-state index in [1.54, 1.807) is 12.3 Å². The van der Waals surface area contributed by atoms with Crippen molar-refractivity contribution in [2.24, 2.45) is 0 Å². The molecule has 1 heterocycles. The molecule has 1 aromatic heterocycles. The SMILES string of the molecule is CS(=O)CCCNCc1ccc(Cl)o1. The Balaban J connectivity index is 2.07. The van der Waals surface area contributed by atoms with E-state index in [0.717, 1.165) is 24.5 Å². The first-order chi connectivity index (χ1) is 6.68. The summed E-state index contributed by atoms with van der Waals surface area (Å²) in [6, 6.07) is 3.56. The van der Waals surface area contributed by atoms with Crippen LogP contribution in [-0.4, -0.2) is 22.8 Å². The van der Waals surface area contributed by atoms with Gasteiger partial charge in [-0.15, -0.1) is 0 Å². The summed E-state index contributed by atoms with van der Waals surface area (Å²) in [4.78, 5) is 0.